The fourth-order valence-corrected chi connectivity index (χ4v) is 3.60. The molecule has 3 unspecified atom stereocenters. The molecule has 1 aromatic carbocycles. The van der Waals surface area contributed by atoms with Crippen LogP contribution in [0.25, 0.3) is 0 Å². The van der Waals surface area contributed by atoms with E-state index in [2.05, 4.69) is 29.4 Å². The van der Waals surface area contributed by atoms with E-state index in [1.54, 1.807) is 0 Å². The number of nitrogens with zero attached hydrogens (tertiary/aromatic N) is 1. The van der Waals surface area contributed by atoms with Gasteiger partial charge >= 0.3 is 0 Å². The highest BCUT2D eigenvalue weighted by Gasteiger charge is 2.56. The van der Waals surface area contributed by atoms with Crippen molar-refractivity contribution in [1.82, 2.24) is 5.16 Å². The molecule has 0 aliphatic heterocycles. The number of nitrogens with two attached hydrogens (primary N) is 1. The first-order valence-electron chi connectivity index (χ1n) is 6.57. The smallest absolute Gasteiger partial charge is 0.170 e. The lowest BCUT2D eigenvalue weighted by atomic mass is 9.92. The van der Waals surface area contributed by atoms with Crippen LogP contribution in [0.4, 0.5) is 5.82 Å². The normalized spacial score (nSPS) is 28.6. The lowest BCUT2D eigenvalue weighted by Gasteiger charge is -2.13. The van der Waals surface area contributed by atoms with Crippen LogP contribution in [0.5, 0.6) is 0 Å². The monoisotopic (exact) mass is 240 g/mol. The number of fused-ring (bicyclic) bond motifs is 3. The predicted octanol–water partition coefficient (Wildman–Crippen LogP) is 3.01. The molecule has 2 aromatic rings. The highest BCUT2D eigenvalue weighted by molar-refractivity contribution is 5.48. The van der Waals surface area contributed by atoms with Gasteiger partial charge < -0.3 is 10.3 Å². The van der Waals surface area contributed by atoms with Gasteiger partial charge in [-0.2, -0.15) is 0 Å². The van der Waals surface area contributed by atoms with Gasteiger partial charge in [0.05, 0.1) is 0 Å². The van der Waals surface area contributed by atoms with Crippen LogP contribution in [0.2, 0.25) is 0 Å². The first-order chi connectivity index (χ1) is 8.77. The van der Waals surface area contributed by atoms with Crippen molar-refractivity contribution < 1.29 is 4.52 Å². The van der Waals surface area contributed by atoms with Gasteiger partial charge in [0.2, 0.25) is 0 Å². The minimum absolute atomic E-state index is 0.499. The van der Waals surface area contributed by atoms with E-state index in [4.69, 9.17) is 10.3 Å². The summed E-state index contributed by atoms with van der Waals surface area (Å²) in [6, 6.07) is 8.79. The van der Waals surface area contributed by atoms with Gasteiger partial charge in [-0.15, -0.1) is 0 Å². The largest absolute Gasteiger partial charge is 0.381 e. The Morgan fingerprint density at radius 1 is 1.28 bits per heavy atom. The van der Waals surface area contributed by atoms with Gasteiger partial charge in [-0.3, -0.25) is 0 Å². The van der Waals surface area contributed by atoms with Crippen molar-refractivity contribution in [2.45, 2.75) is 31.6 Å². The minimum Gasteiger partial charge on any atom is -0.381 e. The number of anilines is 1. The first-order valence-corrected chi connectivity index (χ1v) is 6.57. The Kier molecular flexibility index (Phi) is 1.91. The molecule has 1 aromatic heterocycles. The van der Waals surface area contributed by atoms with Crippen LogP contribution in [-0.4, -0.2) is 5.16 Å². The molecule has 2 aliphatic rings. The molecule has 0 radical (unpaired) electrons. The van der Waals surface area contributed by atoms with Crippen LogP contribution in [-0.2, 0) is 6.42 Å². The molecule has 4 rings (SSSR count). The van der Waals surface area contributed by atoms with Crippen molar-refractivity contribution in [3.63, 3.8) is 0 Å². The van der Waals surface area contributed by atoms with Crippen LogP contribution < -0.4 is 5.73 Å². The molecule has 2 N–H and O–H groups in total. The van der Waals surface area contributed by atoms with Crippen molar-refractivity contribution in [1.29, 1.82) is 0 Å². The summed E-state index contributed by atoms with van der Waals surface area (Å²) < 4.78 is 5.45. The number of aryl methyl sites for hydroxylation is 1. The van der Waals surface area contributed by atoms with Crippen LogP contribution in [0, 0.1) is 12.8 Å². The average Bonchev–Trinajstić information content (AvgIpc) is 3.05. The molecule has 1 fully saturated rings. The Hall–Kier alpha value is -1.77. The molecule has 3 heteroatoms. The van der Waals surface area contributed by atoms with E-state index in [9.17, 15) is 0 Å². The summed E-state index contributed by atoms with van der Waals surface area (Å²) in [5.41, 5.74) is 9.83. The number of hydrogen-bond donors (Lipinski definition) is 1. The topological polar surface area (TPSA) is 52.0 Å². The molecule has 3 atom stereocenters. The maximum absolute atomic E-state index is 5.79. The number of rotatable bonds is 1. The number of benzene rings is 1. The Balaban J connectivity index is 1.75. The molecule has 1 saturated carbocycles. The van der Waals surface area contributed by atoms with E-state index in [-0.39, 0.29) is 0 Å². The molecule has 1 heterocycles. The van der Waals surface area contributed by atoms with Gasteiger partial charge in [-0.25, -0.2) is 0 Å². The van der Waals surface area contributed by atoms with Crippen LogP contribution in [0.15, 0.2) is 28.8 Å². The van der Waals surface area contributed by atoms with Crippen molar-refractivity contribution >= 4 is 5.82 Å². The van der Waals surface area contributed by atoms with Crippen molar-refractivity contribution in [2.75, 3.05) is 5.73 Å². The predicted molar refractivity (Wildman–Crippen MR) is 69.4 cm³/mol. The molecule has 18 heavy (non-hydrogen) atoms. The molecule has 0 saturated heterocycles. The Bertz CT molecular complexity index is 617. The Morgan fingerprint density at radius 2 is 2.11 bits per heavy atom. The van der Waals surface area contributed by atoms with Crippen LogP contribution in [0.3, 0.4) is 0 Å². The second kappa shape index (κ2) is 3.37. The average molecular weight is 240 g/mol. The molecule has 2 aliphatic carbocycles. The minimum atomic E-state index is 0.499. The van der Waals surface area contributed by atoms with Crippen molar-refractivity contribution in [3.8, 4) is 0 Å². The molecule has 3 nitrogen and oxygen atoms in total. The summed E-state index contributed by atoms with van der Waals surface area (Å²) >= 11 is 0. The standard InChI is InChI=1S/C15H16N2O/c1-8-14(18-17-15(8)16)13-11-7-6-9-4-2-3-5-10(9)12(11)13/h2-5,11-13H,6-7H2,1H3,(H2,16,17). The summed E-state index contributed by atoms with van der Waals surface area (Å²) in [6.45, 7) is 2.01. The van der Waals surface area contributed by atoms with E-state index in [0.717, 1.165) is 17.2 Å². The van der Waals surface area contributed by atoms with Crippen molar-refractivity contribution in [3.05, 3.63) is 46.7 Å². The van der Waals surface area contributed by atoms with Gasteiger partial charge in [0.25, 0.3) is 0 Å². The second-order valence-corrected chi connectivity index (χ2v) is 5.51. The summed E-state index contributed by atoms with van der Waals surface area (Å²) in [7, 11) is 0. The number of hydrogen-bond acceptors (Lipinski definition) is 3. The molecule has 0 amide bonds. The quantitative estimate of drug-likeness (QED) is 0.833. The van der Waals surface area contributed by atoms with Gasteiger partial charge in [-0.05, 0) is 42.7 Å². The summed E-state index contributed by atoms with van der Waals surface area (Å²) in [5, 5.41) is 3.89. The first kappa shape index (κ1) is 10.2. The SMILES string of the molecule is Cc1c(N)noc1C1C2CCc3ccccc3C21. The van der Waals surface area contributed by atoms with Gasteiger partial charge in [0.1, 0.15) is 5.76 Å². The summed E-state index contributed by atoms with van der Waals surface area (Å²) in [5.74, 6) is 3.41. The van der Waals surface area contributed by atoms with Crippen molar-refractivity contribution in [2.24, 2.45) is 5.92 Å². The Labute approximate surface area is 106 Å². The third-order valence-corrected chi connectivity index (χ3v) is 4.63. The zero-order valence-electron chi connectivity index (χ0n) is 10.4. The maximum Gasteiger partial charge on any atom is 0.170 e. The summed E-state index contributed by atoms with van der Waals surface area (Å²) in [6.07, 6.45) is 2.45. The summed E-state index contributed by atoms with van der Waals surface area (Å²) in [4.78, 5) is 0. The van der Waals surface area contributed by atoms with Crippen LogP contribution in [0.1, 0.15) is 40.7 Å². The van der Waals surface area contributed by atoms with E-state index in [1.807, 2.05) is 6.92 Å². The van der Waals surface area contributed by atoms with Gasteiger partial charge in [0, 0.05) is 11.5 Å². The molecule has 92 valence electrons. The number of nitrogen functional groups attached to an aromatic ring is 1. The highest BCUT2D eigenvalue weighted by Crippen LogP contribution is 2.65. The van der Waals surface area contributed by atoms with E-state index in [0.29, 0.717) is 17.7 Å². The molecule has 0 bridgehead atoms. The fraction of sp³-hybridized carbons (Fsp3) is 0.400. The zero-order valence-corrected chi connectivity index (χ0v) is 10.4. The van der Waals surface area contributed by atoms with E-state index < -0.39 is 0 Å². The Morgan fingerprint density at radius 3 is 2.89 bits per heavy atom. The molecule has 0 spiro atoms. The van der Waals surface area contributed by atoms with Gasteiger partial charge in [-0.1, -0.05) is 29.4 Å². The zero-order chi connectivity index (χ0) is 12.3. The number of aromatic nitrogens is 1. The second-order valence-electron chi connectivity index (χ2n) is 5.51. The molecular formula is C15H16N2O. The third-order valence-electron chi connectivity index (χ3n) is 4.63. The van der Waals surface area contributed by atoms with E-state index >= 15 is 0 Å². The lowest BCUT2D eigenvalue weighted by Crippen LogP contribution is -2.00. The molecular weight excluding hydrogens is 224 g/mol. The van der Waals surface area contributed by atoms with E-state index in [1.165, 1.54) is 24.0 Å². The van der Waals surface area contributed by atoms with Gasteiger partial charge in [0.15, 0.2) is 5.82 Å². The third kappa shape index (κ3) is 1.22. The lowest BCUT2D eigenvalue weighted by molar-refractivity contribution is 0.380. The maximum atomic E-state index is 5.79. The van der Waals surface area contributed by atoms with Crippen LogP contribution >= 0.6 is 0 Å². The fourth-order valence-electron chi connectivity index (χ4n) is 3.60. The highest BCUT2D eigenvalue weighted by atomic mass is 16.5.